The van der Waals surface area contributed by atoms with Gasteiger partial charge in [0.25, 0.3) is 0 Å². The summed E-state index contributed by atoms with van der Waals surface area (Å²) in [5, 5.41) is 0. The highest BCUT2D eigenvalue weighted by atomic mass is 16.1. The summed E-state index contributed by atoms with van der Waals surface area (Å²) in [6.45, 7) is 4.66. The highest BCUT2D eigenvalue weighted by Crippen LogP contribution is 2.30. The molecular formula is C11H10BNO. The first-order valence-corrected chi connectivity index (χ1v) is 4.52. The predicted octanol–water partition coefficient (Wildman–Crippen LogP) is 0.860. The first kappa shape index (κ1) is 9.07. The van der Waals surface area contributed by atoms with Gasteiger partial charge in [-0.2, -0.15) is 0 Å². The fourth-order valence-electron chi connectivity index (χ4n) is 1.79. The van der Waals surface area contributed by atoms with Crippen molar-refractivity contribution in [2.75, 3.05) is 11.4 Å². The van der Waals surface area contributed by atoms with Gasteiger partial charge in [-0.05, 0) is 23.6 Å². The van der Waals surface area contributed by atoms with Crippen LogP contribution in [-0.2, 0) is 4.79 Å². The second-order valence-electron chi connectivity index (χ2n) is 3.39. The maximum atomic E-state index is 10.8. The van der Waals surface area contributed by atoms with Gasteiger partial charge in [0.1, 0.15) is 7.85 Å². The summed E-state index contributed by atoms with van der Waals surface area (Å²) >= 11 is 0. The summed E-state index contributed by atoms with van der Waals surface area (Å²) in [7, 11) is 5.85. The molecule has 1 aromatic carbocycles. The molecule has 2 rings (SSSR count). The minimum Gasteiger partial charge on any atom is -0.314 e. The van der Waals surface area contributed by atoms with Gasteiger partial charge in [-0.25, -0.2) is 0 Å². The van der Waals surface area contributed by atoms with Crippen molar-refractivity contribution in [2.45, 2.75) is 6.42 Å². The Kier molecular flexibility index (Phi) is 2.16. The van der Waals surface area contributed by atoms with E-state index in [1.165, 1.54) is 0 Å². The Balaban J connectivity index is 2.61. The molecule has 0 saturated carbocycles. The molecular weight excluding hydrogens is 173 g/mol. The van der Waals surface area contributed by atoms with E-state index in [9.17, 15) is 4.79 Å². The number of carbonyl (C=O) groups excluding carboxylic acids is 1. The minimum atomic E-state index is 0.693. The molecule has 0 aromatic heterocycles. The second-order valence-corrected chi connectivity index (χ2v) is 3.39. The van der Waals surface area contributed by atoms with Crippen molar-refractivity contribution < 1.29 is 4.79 Å². The van der Waals surface area contributed by atoms with Gasteiger partial charge in [-0.3, -0.25) is 4.79 Å². The van der Waals surface area contributed by atoms with Crippen LogP contribution in [0.2, 0.25) is 0 Å². The van der Waals surface area contributed by atoms with Gasteiger partial charge >= 0.3 is 0 Å². The lowest BCUT2D eigenvalue weighted by Crippen LogP contribution is -2.30. The lowest BCUT2D eigenvalue weighted by atomic mass is 9.83. The third-order valence-corrected chi connectivity index (χ3v) is 2.52. The van der Waals surface area contributed by atoms with Gasteiger partial charge < -0.3 is 4.90 Å². The van der Waals surface area contributed by atoms with Gasteiger partial charge in [0.2, 0.25) is 6.41 Å². The number of rotatable bonds is 1. The number of benzene rings is 1. The van der Waals surface area contributed by atoms with E-state index in [1.807, 2.05) is 18.2 Å². The van der Waals surface area contributed by atoms with Crippen molar-refractivity contribution in [1.29, 1.82) is 0 Å². The Hall–Kier alpha value is -1.51. The van der Waals surface area contributed by atoms with Crippen LogP contribution in [0.5, 0.6) is 0 Å². The standard InChI is InChI=1S/C11H10BNO/c1-8-5-6-13(7-14)10-4-2-3-9(12)11(8)10/h2-4,7H,1,5-6H2. The quantitative estimate of drug-likeness (QED) is 0.467. The Morgan fingerprint density at radius 3 is 3.00 bits per heavy atom. The summed E-state index contributed by atoms with van der Waals surface area (Å²) in [6, 6.07) is 5.58. The maximum Gasteiger partial charge on any atom is 0.214 e. The van der Waals surface area contributed by atoms with E-state index in [2.05, 4.69) is 6.58 Å². The zero-order valence-corrected chi connectivity index (χ0v) is 7.86. The minimum absolute atomic E-state index is 0.693. The predicted molar refractivity (Wildman–Crippen MR) is 58.9 cm³/mol. The van der Waals surface area contributed by atoms with Crippen LogP contribution in [0.15, 0.2) is 24.8 Å². The number of carbonyl (C=O) groups is 1. The van der Waals surface area contributed by atoms with Crippen molar-refractivity contribution >= 4 is 31.0 Å². The fourth-order valence-corrected chi connectivity index (χ4v) is 1.79. The average Bonchev–Trinajstić information content (AvgIpc) is 2.18. The van der Waals surface area contributed by atoms with Crippen molar-refractivity contribution in [3.8, 4) is 0 Å². The zero-order valence-electron chi connectivity index (χ0n) is 7.86. The van der Waals surface area contributed by atoms with E-state index < -0.39 is 0 Å². The van der Waals surface area contributed by atoms with E-state index in [0.29, 0.717) is 12.0 Å². The maximum absolute atomic E-state index is 10.8. The number of amides is 1. The van der Waals surface area contributed by atoms with Crippen LogP contribution >= 0.6 is 0 Å². The normalized spacial score (nSPS) is 15.1. The molecule has 68 valence electrons. The largest absolute Gasteiger partial charge is 0.314 e. The molecule has 0 bridgehead atoms. The molecule has 0 aliphatic carbocycles. The van der Waals surface area contributed by atoms with E-state index in [1.54, 1.807) is 4.90 Å². The Morgan fingerprint density at radius 1 is 1.50 bits per heavy atom. The number of hydrogen-bond acceptors (Lipinski definition) is 1. The first-order chi connectivity index (χ1) is 6.74. The number of fused-ring (bicyclic) bond motifs is 1. The summed E-state index contributed by atoms with van der Waals surface area (Å²) in [5.41, 5.74) is 3.50. The SMILES string of the molecule is [B]c1cccc2c1C(=C)CCN2C=O. The third-order valence-electron chi connectivity index (χ3n) is 2.52. The molecule has 2 nitrogen and oxygen atoms in total. The Labute approximate surface area is 84.6 Å². The fraction of sp³-hybridized carbons (Fsp3) is 0.182. The molecule has 1 aromatic rings. The van der Waals surface area contributed by atoms with E-state index in [0.717, 1.165) is 29.7 Å². The van der Waals surface area contributed by atoms with Gasteiger partial charge in [0.15, 0.2) is 0 Å². The molecule has 0 N–H and O–H groups in total. The van der Waals surface area contributed by atoms with Crippen LogP contribution in [0.25, 0.3) is 5.57 Å². The molecule has 1 aliphatic rings. The molecule has 3 heteroatoms. The molecule has 0 spiro atoms. The Morgan fingerprint density at radius 2 is 2.29 bits per heavy atom. The van der Waals surface area contributed by atoms with Crippen molar-refractivity contribution in [1.82, 2.24) is 0 Å². The van der Waals surface area contributed by atoms with Crippen molar-refractivity contribution in [2.24, 2.45) is 0 Å². The summed E-state index contributed by atoms with van der Waals surface area (Å²) in [5.74, 6) is 0. The van der Waals surface area contributed by atoms with E-state index >= 15 is 0 Å². The summed E-state index contributed by atoms with van der Waals surface area (Å²) < 4.78 is 0. The molecule has 1 aliphatic heterocycles. The number of anilines is 1. The van der Waals surface area contributed by atoms with Crippen LogP contribution in [-0.4, -0.2) is 20.8 Å². The van der Waals surface area contributed by atoms with Crippen molar-refractivity contribution in [3.05, 3.63) is 30.3 Å². The van der Waals surface area contributed by atoms with Crippen LogP contribution in [0.3, 0.4) is 0 Å². The first-order valence-electron chi connectivity index (χ1n) is 4.52. The lowest BCUT2D eigenvalue weighted by molar-refractivity contribution is -0.107. The van der Waals surface area contributed by atoms with Gasteiger partial charge in [-0.1, -0.05) is 24.2 Å². The molecule has 14 heavy (non-hydrogen) atoms. The van der Waals surface area contributed by atoms with E-state index in [-0.39, 0.29) is 0 Å². The lowest BCUT2D eigenvalue weighted by Gasteiger charge is -2.28. The summed E-state index contributed by atoms with van der Waals surface area (Å²) in [4.78, 5) is 12.5. The molecule has 2 radical (unpaired) electrons. The van der Waals surface area contributed by atoms with Crippen LogP contribution < -0.4 is 10.4 Å². The van der Waals surface area contributed by atoms with Crippen LogP contribution in [0, 0.1) is 0 Å². The van der Waals surface area contributed by atoms with E-state index in [4.69, 9.17) is 7.85 Å². The highest BCUT2D eigenvalue weighted by molar-refractivity contribution is 6.35. The molecule has 0 saturated heterocycles. The van der Waals surface area contributed by atoms with Crippen molar-refractivity contribution in [3.63, 3.8) is 0 Å². The molecule has 1 amide bonds. The second kappa shape index (κ2) is 3.33. The van der Waals surface area contributed by atoms with Gasteiger partial charge in [0, 0.05) is 6.54 Å². The Bertz CT molecular complexity index is 400. The highest BCUT2D eigenvalue weighted by Gasteiger charge is 2.19. The van der Waals surface area contributed by atoms with Gasteiger partial charge in [-0.15, -0.1) is 0 Å². The van der Waals surface area contributed by atoms with Crippen LogP contribution in [0.4, 0.5) is 5.69 Å². The molecule has 0 unspecified atom stereocenters. The third kappa shape index (κ3) is 1.25. The summed E-state index contributed by atoms with van der Waals surface area (Å²) in [6.07, 6.45) is 1.63. The van der Waals surface area contributed by atoms with Gasteiger partial charge in [0.05, 0.1) is 5.69 Å². The molecule has 0 atom stereocenters. The topological polar surface area (TPSA) is 20.3 Å². The smallest absolute Gasteiger partial charge is 0.214 e. The van der Waals surface area contributed by atoms with Crippen LogP contribution in [0.1, 0.15) is 12.0 Å². The average molecular weight is 183 g/mol. The number of nitrogens with zero attached hydrogens (tertiary/aromatic N) is 1. The molecule has 1 heterocycles. The zero-order chi connectivity index (χ0) is 10.1. The molecule has 0 fully saturated rings. The monoisotopic (exact) mass is 183 g/mol. The number of hydrogen-bond donors (Lipinski definition) is 0.